The van der Waals surface area contributed by atoms with Crippen molar-refractivity contribution < 1.29 is 9.22 Å². The Morgan fingerprint density at radius 2 is 1.83 bits per heavy atom. The smallest absolute Gasteiger partial charge is 0.324 e. The Morgan fingerprint density at radius 3 is 2.33 bits per heavy atom. The highest BCUT2D eigenvalue weighted by atomic mass is 28.4. The Morgan fingerprint density at radius 1 is 1.22 bits per heavy atom. The summed E-state index contributed by atoms with van der Waals surface area (Å²) in [5.41, 5.74) is 0.828. The molecule has 1 heterocycles. The summed E-state index contributed by atoms with van der Waals surface area (Å²) < 4.78 is 5.65. The lowest BCUT2D eigenvalue weighted by Crippen LogP contribution is -2.52. The van der Waals surface area contributed by atoms with Gasteiger partial charge in [-0.3, -0.25) is 0 Å². The summed E-state index contributed by atoms with van der Waals surface area (Å²) in [4.78, 5) is 12.3. The average molecular weight is 279 g/mol. The van der Waals surface area contributed by atoms with Crippen LogP contribution in [-0.2, 0) is 4.43 Å². The maximum absolute atomic E-state index is 12.3. The van der Waals surface area contributed by atoms with E-state index in [0.717, 1.165) is 5.56 Å². The van der Waals surface area contributed by atoms with Gasteiger partial charge in [0.25, 0.3) is 0 Å². The quantitative estimate of drug-likeness (QED) is 0.793. The molecule has 1 aromatic carbocycles. The van der Waals surface area contributed by atoms with Gasteiger partial charge in [-0.05, 0) is 30.9 Å². The van der Waals surface area contributed by atoms with Crippen LogP contribution in [0.1, 0.15) is 16.8 Å². The zero-order valence-electron chi connectivity index (χ0n) is 11.7. The summed E-state index contributed by atoms with van der Waals surface area (Å²) in [6.45, 7) is 8.54. The van der Waals surface area contributed by atoms with Gasteiger partial charge in [-0.25, -0.2) is 4.79 Å². The standard InChI is InChI=1S/C14H22O2Si2/c1-17(2,3)16-14(15)12-8-5-6-9-13(12)18(4)10-7-11-18/h5-6,8-9H,7,10-11H2,1-4H3. The van der Waals surface area contributed by atoms with Crippen molar-refractivity contribution in [3.63, 3.8) is 0 Å². The van der Waals surface area contributed by atoms with Crippen LogP contribution in [0.4, 0.5) is 0 Å². The Bertz CT molecular complexity index is 459. The second-order valence-electron chi connectivity index (χ2n) is 6.46. The van der Waals surface area contributed by atoms with Crippen LogP contribution in [0.5, 0.6) is 0 Å². The van der Waals surface area contributed by atoms with Crippen LogP contribution in [0.25, 0.3) is 0 Å². The highest BCUT2D eigenvalue weighted by molar-refractivity contribution is 6.93. The first-order chi connectivity index (χ1) is 8.32. The lowest BCUT2D eigenvalue weighted by molar-refractivity contribution is 0.0726. The van der Waals surface area contributed by atoms with Crippen LogP contribution in [0, 0.1) is 0 Å². The molecule has 1 saturated heterocycles. The molecule has 18 heavy (non-hydrogen) atoms. The van der Waals surface area contributed by atoms with Gasteiger partial charge < -0.3 is 4.43 Å². The first kappa shape index (κ1) is 13.6. The average Bonchev–Trinajstić information content (AvgIpc) is 2.23. The van der Waals surface area contributed by atoms with Gasteiger partial charge in [0.05, 0.1) is 13.6 Å². The Hall–Kier alpha value is -0.876. The summed E-state index contributed by atoms with van der Waals surface area (Å²) in [6, 6.07) is 10.7. The molecule has 0 atom stereocenters. The monoisotopic (exact) mass is 278 g/mol. The number of carbonyl (C=O) groups is 1. The Labute approximate surface area is 112 Å². The fourth-order valence-electron chi connectivity index (χ4n) is 2.50. The van der Waals surface area contributed by atoms with E-state index in [-0.39, 0.29) is 5.97 Å². The van der Waals surface area contributed by atoms with Crippen LogP contribution >= 0.6 is 0 Å². The van der Waals surface area contributed by atoms with Gasteiger partial charge in [0.2, 0.25) is 8.32 Å². The molecule has 0 radical (unpaired) electrons. The van der Waals surface area contributed by atoms with Crippen LogP contribution in [0.15, 0.2) is 24.3 Å². The summed E-state index contributed by atoms with van der Waals surface area (Å²) in [6.07, 6.45) is 1.32. The van der Waals surface area contributed by atoms with Gasteiger partial charge in [-0.1, -0.05) is 43.3 Å². The van der Waals surface area contributed by atoms with Gasteiger partial charge in [0.1, 0.15) is 0 Å². The third kappa shape index (κ3) is 2.75. The molecule has 0 N–H and O–H groups in total. The van der Waals surface area contributed by atoms with E-state index in [9.17, 15) is 4.79 Å². The summed E-state index contributed by atoms with van der Waals surface area (Å²) >= 11 is 0. The summed E-state index contributed by atoms with van der Waals surface area (Å²) in [7, 11) is -3.15. The van der Waals surface area contributed by atoms with Crippen molar-refractivity contribution in [2.24, 2.45) is 0 Å². The van der Waals surface area contributed by atoms with Gasteiger partial charge in [0, 0.05) is 0 Å². The van der Waals surface area contributed by atoms with E-state index in [1.807, 2.05) is 12.1 Å². The van der Waals surface area contributed by atoms with Gasteiger partial charge in [0.15, 0.2) is 0 Å². The topological polar surface area (TPSA) is 26.3 Å². The van der Waals surface area contributed by atoms with Gasteiger partial charge in [-0.2, -0.15) is 0 Å². The first-order valence-electron chi connectivity index (χ1n) is 6.65. The predicted octanol–water partition coefficient (Wildman–Crippen LogP) is 3.37. The van der Waals surface area contributed by atoms with Crippen LogP contribution in [0.2, 0.25) is 38.3 Å². The highest BCUT2D eigenvalue weighted by Gasteiger charge is 2.39. The molecule has 98 valence electrons. The normalized spacial score (nSPS) is 18.0. The molecule has 1 aromatic rings. The largest absolute Gasteiger partial charge is 0.516 e. The molecule has 2 nitrogen and oxygen atoms in total. The molecule has 2 rings (SSSR count). The Balaban J connectivity index is 2.31. The lowest BCUT2D eigenvalue weighted by Gasteiger charge is -2.38. The number of benzene rings is 1. The minimum atomic E-state index is -1.81. The van der Waals surface area contributed by atoms with Crippen molar-refractivity contribution in [2.45, 2.75) is 44.7 Å². The molecule has 0 unspecified atom stereocenters. The fourth-order valence-corrected chi connectivity index (χ4v) is 6.45. The molecular weight excluding hydrogens is 256 g/mol. The van der Waals surface area contributed by atoms with Crippen molar-refractivity contribution in [1.82, 2.24) is 0 Å². The van der Waals surface area contributed by atoms with E-state index in [1.54, 1.807) is 0 Å². The van der Waals surface area contributed by atoms with Crippen LogP contribution in [0.3, 0.4) is 0 Å². The fraction of sp³-hybridized carbons (Fsp3) is 0.500. The second-order valence-corrected chi connectivity index (χ2v) is 15.6. The van der Waals surface area contributed by atoms with E-state index in [2.05, 4.69) is 38.3 Å². The molecule has 0 spiro atoms. The molecule has 0 aromatic heterocycles. The minimum Gasteiger partial charge on any atom is -0.516 e. The van der Waals surface area contributed by atoms with Crippen LogP contribution < -0.4 is 5.19 Å². The first-order valence-corrected chi connectivity index (χ1v) is 13.0. The van der Waals surface area contributed by atoms with Crippen molar-refractivity contribution in [2.75, 3.05) is 0 Å². The van der Waals surface area contributed by atoms with Crippen molar-refractivity contribution in [3.05, 3.63) is 29.8 Å². The maximum atomic E-state index is 12.3. The molecule has 0 saturated carbocycles. The van der Waals surface area contributed by atoms with E-state index in [1.165, 1.54) is 23.7 Å². The molecule has 1 aliphatic heterocycles. The number of hydrogen-bond acceptors (Lipinski definition) is 2. The van der Waals surface area contributed by atoms with E-state index >= 15 is 0 Å². The number of carbonyl (C=O) groups excluding carboxylic acids is 1. The van der Waals surface area contributed by atoms with E-state index in [4.69, 9.17) is 4.43 Å². The van der Waals surface area contributed by atoms with Gasteiger partial charge in [-0.15, -0.1) is 0 Å². The summed E-state index contributed by atoms with van der Waals surface area (Å²) in [5.74, 6) is -0.106. The SMILES string of the molecule is C[Si](C)(C)OC(=O)c1ccccc1[Si]1(C)CCC1. The zero-order chi connectivity index (χ0) is 13.4. The minimum absolute atomic E-state index is 0.106. The molecule has 1 aliphatic rings. The zero-order valence-corrected chi connectivity index (χ0v) is 13.7. The van der Waals surface area contributed by atoms with Crippen molar-refractivity contribution >= 4 is 27.5 Å². The number of hydrogen-bond donors (Lipinski definition) is 0. The molecular formula is C14H22O2Si2. The van der Waals surface area contributed by atoms with Crippen LogP contribution in [-0.4, -0.2) is 22.4 Å². The molecule has 0 bridgehead atoms. The predicted molar refractivity (Wildman–Crippen MR) is 80.7 cm³/mol. The van der Waals surface area contributed by atoms with Crippen molar-refractivity contribution in [3.8, 4) is 0 Å². The molecule has 0 amide bonds. The molecule has 0 aliphatic carbocycles. The van der Waals surface area contributed by atoms with Crippen molar-refractivity contribution in [1.29, 1.82) is 0 Å². The van der Waals surface area contributed by atoms with Gasteiger partial charge >= 0.3 is 5.97 Å². The Kier molecular flexibility index (Phi) is 3.51. The molecule has 4 heteroatoms. The van der Waals surface area contributed by atoms with E-state index < -0.39 is 16.4 Å². The second kappa shape index (κ2) is 4.66. The maximum Gasteiger partial charge on any atom is 0.324 e. The highest BCUT2D eigenvalue weighted by Crippen LogP contribution is 2.32. The molecule has 1 fully saturated rings. The summed E-state index contributed by atoms with van der Waals surface area (Å²) in [5, 5.41) is 1.31. The van der Waals surface area contributed by atoms with E-state index in [0.29, 0.717) is 0 Å². The third-order valence-corrected chi connectivity index (χ3v) is 9.10. The number of rotatable bonds is 3. The third-order valence-electron chi connectivity index (χ3n) is 3.65. The lowest BCUT2D eigenvalue weighted by atomic mass is 10.2.